The number of ether oxygens (including phenoxy) is 2. The Balaban J connectivity index is 2.31. The van der Waals surface area contributed by atoms with Gasteiger partial charge in [0.15, 0.2) is 0 Å². The van der Waals surface area contributed by atoms with E-state index in [0.717, 1.165) is 19.4 Å². The summed E-state index contributed by atoms with van der Waals surface area (Å²) in [5.74, 6) is -1.54. The van der Waals surface area contributed by atoms with Gasteiger partial charge in [0.25, 0.3) is 11.8 Å². The molecule has 2 amide bonds. The van der Waals surface area contributed by atoms with Crippen LogP contribution in [0.2, 0.25) is 0 Å². The zero-order chi connectivity index (χ0) is 19.1. The van der Waals surface area contributed by atoms with Crippen molar-refractivity contribution in [2.45, 2.75) is 84.3 Å². The molecule has 0 N–H and O–H groups in total. The van der Waals surface area contributed by atoms with Crippen LogP contribution < -0.4 is 0 Å². The average Bonchev–Trinajstić information content (AvgIpc) is 2.83. The maximum atomic E-state index is 11.8. The highest BCUT2D eigenvalue weighted by Crippen LogP contribution is 2.21. The van der Waals surface area contributed by atoms with Crippen molar-refractivity contribution in [3.05, 3.63) is 0 Å². The minimum absolute atomic E-state index is 0.0692. The summed E-state index contributed by atoms with van der Waals surface area (Å²) >= 11 is 0. The van der Waals surface area contributed by atoms with E-state index in [1.807, 2.05) is 27.7 Å². The lowest BCUT2D eigenvalue weighted by atomic mass is 10.0. The summed E-state index contributed by atoms with van der Waals surface area (Å²) in [5, 5.41) is 0.573. The summed E-state index contributed by atoms with van der Waals surface area (Å²) in [6.07, 6.45) is 2.41. The molecule has 0 aromatic rings. The Hall–Kier alpha value is -1.47. The predicted molar refractivity (Wildman–Crippen MR) is 91.4 cm³/mol. The van der Waals surface area contributed by atoms with Crippen LogP contribution in [0.15, 0.2) is 0 Å². The smallest absolute Gasteiger partial charge is 0.333 e. The largest absolute Gasteiger partial charge is 0.375 e. The first-order valence-corrected chi connectivity index (χ1v) is 8.91. The van der Waals surface area contributed by atoms with Crippen molar-refractivity contribution in [1.29, 1.82) is 0 Å². The molecule has 25 heavy (non-hydrogen) atoms. The number of hydroxylamine groups is 2. The molecule has 1 rings (SSSR count). The summed E-state index contributed by atoms with van der Waals surface area (Å²) in [7, 11) is 0. The van der Waals surface area contributed by atoms with E-state index in [9.17, 15) is 14.4 Å². The molecule has 1 saturated heterocycles. The number of imide groups is 1. The maximum absolute atomic E-state index is 11.8. The van der Waals surface area contributed by atoms with Gasteiger partial charge in [-0.05, 0) is 47.0 Å². The molecular formula is C18H31NO6. The SMILES string of the molecule is CCCOC(C)(C)CCOC(C)(C)CCC(=O)ON1C(=O)CCC1=O. The molecular weight excluding hydrogens is 326 g/mol. The first kappa shape index (κ1) is 21.6. The van der Waals surface area contributed by atoms with Gasteiger partial charge in [0.1, 0.15) is 0 Å². The fourth-order valence-electron chi connectivity index (χ4n) is 2.30. The third-order valence-electron chi connectivity index (χ3n) is 4.02. The molecule has 0 spiro atoms. The molecule has 0 atom stereocenters. The summed E-state index contributed by atoms with van der Waals surface area (Å²) in [5.41, 5.74) is -0.764. The van der Waals surface area contributed by atoms with E-state index in [1.54, 1.807) is 0 Å². The monoisotopic (exact) mass is 357 g/mol. The first-order valence-electron chi connectivity index (χ1n) is 8.91. The van der Waals surface area contributed by atoms with Gasteiger partial charge < -0.3 is 14.3 Å². The molecule has 0 aromatic carbocycles. The molecule has 1 heterocycles. The molecule has 0 aromatic heterocycles. The third-order valence-corrected chi connectivity index (χ3v) is 4.02. The number of nitrogens with zero attached hydrogens (tertiary/aromatic N) is 1. The fraction of sp³-hybridized carbons (Fsp3) is 0.833. The van der Waals surface area contributed by atoms with Gasteiger partial charge in [0.05, 0.1) is 24.2 Å². The highest BCUT2D eigenvalue weighted by atomic mass is 16.7. The standard InChI is InChI=1S/C18H31NO6/c1-6-12-23-18(4,5)11-13-24-17(2,3)10-9-16(22)25-19-14(20)7-8-15(19)21/h6-13H2,1-5H3. The summed E-state index contributed by atoms with van der Waals surface area (Å²) in [4.78, 5) is 39.5. The number of rotatable bonds is 11. The summed E-state index contributed by atoms with van der Waals surface area (Å²) < 4.78 is 11.6. The van der Waals surface area contributed by atoms with Crippen LogP contribution in [-0.2, 0) is 28.7 Å². The number of carbonyl (C=O) groups is 3. The van der Waals surface area contributed by atoms with Crippen LogP contribution in [0, 0.1) is 0 Å². The van der Waals surface area contributed by atoms with Crippen LogP contribution in [0.25, 0.3) is 0 Å². The van der Waals surface area contributed by atoms with Crippen LogP contribution >= 0.6 is 0 Å². The van der Waals surface area contributed by atoms with Crippen LogP contribution in [0.4, 0.5) is 0 Å². The number of amides is 2. The van der Waals surface area contributed by atoms with Crippen molar-refractivity contribution in [2.24, 2.45) is 0 Å². The van der Waals surface area contributed by atoms with Crippen molar-refractivity contribution >= 4 is 17.8 Å². The Labute approximate surface area is 149 Å². The zero-order valence-electron chi connectivity index (χ0n) is 16.1. The van der Waals surface area contributed by atoms with Gasteiger partial charge >= 0.3 is 5.97 Å². The second kappa shape index (κ2) is 9.29. The van der Waals surface area contributed by atoms with E-state index in [-0.39, 0.29) is 24.9 Å². The lowest BCUT2D eigenvalue weighted by Crippen LogP contribution is -2.34. The zero-order valence-corrected chi connectivity index (χ0v) is 16.1. The number of hydrogen-bond acceptors (Lipinski definition) is 6. The van der Waals surface area contributed by atoms with Gasteiger partial charge in [-0.1, -0.05) is 6.92 Å². The van der Waals surface area contributed by atoms with Crippen LogP contribution in [0.5, 0.6) is 0 Å². The van der Waals surface area contributed by atoms with Gasteiger partial charge in [-0.3, -0.25) is 9.59 Å². The molecule has 0 bridgehead atoms. The van der Waals surface area contributed by atoms with Crippen molar-refractivity contribution in [1.82, 2.24) is 5.06 Å². The first-order chi connectivity index (χ1) is 11.6. The molecule has 7 nitrogen and oxygen atoms in total. The average molecular weight is 357 g/mol. The Morgan fingerprint density at radius 2 is 1.48 bits per heavy atom. The topological polar surface area (TPSA) is 82.1 Å². The third kappa shape index (κ3) is 7.96. The van der Waals surface area contributed by atoms with Gasteiger partial charge in [0, 0.05) is 19.4 Å². The Bertz CT molecular complexity index is 470. The molecule has 0 unspecified atom stereocenters. The summed E-state index contributed by atoms with van der Waals surface area (Å²) in [6.45, 7) is 11.1. The fourth-order valence-corrected chi connectivity index (χ4v) is 2.30. The highest BCUT2D eigenvalue weighted by Gasteiger charge is 2.33. The molecule has 144 valence electrons. The summed E-state index contributed by atoms with van der Waals surface area (Å²) in [6, 6.07) is 0. The second-order valence-electron chi connectivity index (χ2n) is 7.51. The quantitative estimate of drug-likeness (QED) is 0.529. The van der Waals surface area contributed by atoms with Crippen molar-refractivity contribution < 1.29 is 28.7 Å². The second-order valence-corrected chi connectivity index (χ2v) is 7.51. The van der Waals surface area contributed by atoms with E-state index in [2.05, 4.69) is 6.92 Å². The lowest BCUT2D eigenvalue weighted by Gasteiger charge is -2.29. The Morgan fingerprint density at radius 3 is 2.04 bits per heavy atom. The molecule has 0 saturated carbocycles. The van der Waals surface area contributed by atoms with E-state index in [1.165, 1.54) is 0 Å². The van der Waals surface area contributed by atoms with Crippen molar-refractivity contribution in [3.8, 4) is 0 Å². The number of carbonyl (C=O) groups excluding carboxylic acids is 3. The minimum Gasteiger partial charge on any atom is -0.375 e. The van der Waals surface area contributed by atoms with Crippen molar-refractivity contribution in [3.63, 3.8) is 0 Å². The highest BCUT2D eigenvalue weighted by molar-refractivity contribution is 6.01. The molecule has 1 aliphatic heterocycles. The van der Waals surface area contributed by atoms with Crippen LogP contribution in [0.3, 0.4) is 0 Å². The lowest BCUT2D eigenvalue weighted by molar-refractivity contribution is -0.198. The van der Waals surface area contributed by atoms with Gasteiger partial charge in [-0.25, -0.2) is 4.79 Å². The van der Waals surface area contributed by atoms with Crippen LogP contribution in [0.1, 0.15) is 73.1 Å². The van der Waals surface area contributed by atoms with Crippen molar-refractivity contribution in [2.75, 3.05) is 13.2 Å². The Kier molecular flexibility index (Phi) is 8.02. The molecule has 1 aliphatic rings. The Morgan fingerprint density at radius 1 is 0.960 bits per heavy atom. The predicted octanol–water partition coefficient (Wildman–Crippen LogP) is 2.76. The molecule has 7 heteroatoms. The van der Waals surface area contributed by atoms with Gasteiger partial charge in [0.2, 0.25) is 0 Å². The number of hydrogen-bond donors (Lipinski definition) is 0. The van der Waals surface area contributed by atoms with E-state index < -0.39 is 23.4 Å². The van der Waals surface area contributed by atoms with E-state index >= 15 is 0 Å². The van der Waals surface area contributed by atoms with Gasteiger partial charge in [-0.15, -0.1) is 5.06 Å². The molecule has 0 aliphatic carbocycles. The normalized spacial score (nSPS) is 15.8. The van der Waals surface area contributed by atoms with Crippen LogP contribution in [-0.4, -0.2) is 47.3 Å². The van der Waals surface area contributed by atoms with E-state index in [0.29, 0.717) is 18.1 Å². The minimum atomic E-state index is -0.605. The maximum Gasteiger partial charge on any atom is 0.333 e. The van der Waals surface area contributed by atoms with E-state index in [4.69, 9.17) is 14.3 Å². The molecule has 0 radical (unpaired) electrons. The molecule has 1 fully saturated rings. The van der Waals surface area contributed by atoms with Gasteiger partial charge in [-0.2, -0.15) is 0 Å².